The van der Waals surface area contributed by atoms with Gasteiger partial charge in [-0.05, 0) is 31.5 Å². The summed E-state index contributed by atoms with van der Waals surface area (Å²) in [7, 11) is -1.16. The molecule has 1 aliphatic rings. The summed E-state index contributed by atoms with van der Waals surface area (Å²) in [5.41, 5.74) is 1.45. The van der Waals surface area contributed by atoms with Gasteiger partial charge in [0.2, 0.25) is 0 Å². The molecule has 20 heavy (non-hydrogen) atoms. The molecular formula is C17H30N2Si. The van der Waals surface area contributed by atoms with E-state index < -0.39 is 8.07 Å². The SMILES string of the molecule is CCN(Cc1ccc([Si](C)(C)C)cc1)CC1CCCN1. The average Bonchev–Trinajstić information content (AvgIpc) is 2.90. The van der Waals surface area contributed by atoms with E-state index in [0.29, 0.717) is 6.04 Å². The number of rotatable bonds is 6. The minimum absolute atomic E-state index is 0.705. The van der Waals surface area contributed by atoms with E-state index in [9.17, 15) is 0 Å². The summed E-state index contributed by atoms with van der Waals surface area (Å²) in [4.78, 5) is 2.56. The van der Waals surface area contributed by atoms with Gasteiger partial charge >= 0.3 is 0 Å². The molecule has 0 bridgehead atoms. The molecule has 3 heteroatoms. The zero-order chi connectivity index (χ0) is 14.6. The van der Waals surface area contributed by atoms with Gasteiger partial charge in [0.1, 0.15) is 0 Å². The fourth-order valence-electron chi connectivity index (χ4n) is 2.90. The smallest absolute Gasteiger partial charge is 0.0775 e. The van der Waals surface area contributed by atoms with E-state index in [4.69, 9.17) is 0 Å². The van der Waals surface area contributed by atoms with Gasteiger partial charge in [0.15, 0.2) is 0 Å². The normalized spacial score (nSPS) is 19.8. The number of nitrogens with one attached hydrogen (secondary N) is 1. The van der Waals surface area contributed by atoms with Gasteiger partial charge in [0.25, 0.3) is 0 Å². The maximum Gasteiger partial charge on any atom is 0.0775 e. The molecule has 0 saturated carbocycles. The molecule has 1 aromatic rings. The quantitative estimate of drug-likeness (QED) is 0.811. The van der Waals surface area contributed by atoms with Crippen LogP contribution in [0.4, 0.5) is 0 Å². The summed E-state index contributed by atoms with van der Waals surface area (Å²) in [6.07, 6.45) is 2.68. The number of hydrogen-bond acceptors (Lipinski definition) is 2. The van der Waals surface area contributed by atoms with E-state index >= 15 is 0 Å². The van der Waals surface area contributed by atoms with Crippen LogP contribution in [-0.4, -0.2) is 38.6 Å². The van der Waals surface area contributed by atoms with Gasteiger partial charge in [-0.25, -0.2) is 0 Å². The first kappa shape index (κ1) is 15.7. The lowest BCUT2D eigenvalue weighted by Gasteiger charge is -2.24. The topological polar surface area (TPSA) is 15.3 Å². The zero-order valence-electron chi connectivity index (χ0n) is 13.6. The lowest BCUT2D eigenvalue weighted by Crippen LogP contribution is -2.38. The van der Waals surface area contributed by atoms with E-state index in [1.807, 2.05) is 0 Å². The Morgan fingerprint density at radius 3 is 2.40 bits per heavy atom. The van der Waals surface area contributed by atoms with Crippen LogP contribution >= 0.6 is 0 Å². The molecular weight excluding hydrogens is 260 g/mol. The fraction of sp³-hybridized carbons (Fsp3) is 0.647. The van der Waals surface area contributed by atoms with Gasteiger partial charge in [0, 0.05) is 19.1 Å². The molecule has 1 N–H and O–H groups in total. The summed E-state index contributed by atoms with van der Waals surface area (Å²) < 4.78 is 0. The van der Waals surface area contributed by atoms with E-state index in [-0.39, 0.29) is 0 Å². The highest BCUT2D eigenvalue weighted by Crippen LogP contribution is 2.11. The molecule has 0 spiro atoms. The van der Waals surface area contributed by atoms with Crippen LogP contribution in [0.2, 0.25) is 19.6 Å². The first-order chi connectivity index (χ1) is 9.49. The summed E-state index contributed by atoms with van der Waals surface area (Å²) in [6.45, 7) is 14.1. The highest BCUT2D eigenvalue weighted by Gasteiger charge is 2.18. The Labute approximate surface area is 125 Å². The third-order valence-electron chi connectivity index (χ3n) is 4.31. The van der Waals surface area contributed by atoms with Crippen LogP contribution in [0.5, 0.6) is 0 Å². The second kappa shape index (κ2) is 6.88. The first-order valence-electron chi connectivity index (χ1n) is 8.04. The summed E-state index contributed by atoms with van der Waals surface area (Å²) >= 11 is 0. The minimum atomic E-state index is -1.16. The Hall–Kier alpha value is -0.643. The Balaban J connectivity index is 1.93. The standard InChI is InChI=1S/C17H30N2Si/c1-5-19(14-16-7-6-12-18-16)13-15-8-10-17(11-9-15)20(2,3)4/h8-11,16,18H,5-7,12-14H2,1-4H3. The van der Waals surface area contributed by atoms with Crippen molar-refractivity contribution in [3.63, 3.8) is 0 Å². The summed E-state index contributed by atoms with van der Waals surface area (Å²) in [6, 6.07) is 10.1. The van der Waals surface area contributed by atoms with Crippen LogP contribution in [0, 0.1) is 0 Å². The molecule has 1 unspecified atom stereocenters. The van der Waals surface area contributed by atoms with E-state index in [2.05, 4.69) is 61.0 Å². The van der Waals surface area contributed by atoms with Crippen molar-refractivity contribution in [3.05, 3.63) is 29.8 Å². The third-order valence-corrected chi connectivity index (χ3v) is 6.38. The number of likely N-dealkylation sites (N-methyl/N-ethyl adjacent to an activating group) is 1. The van der Waals surface area contributed by atoms with Crippen molar-refractivity contribution in [1.29, 1.82) is 0 Å². The molecule has 1 aromatic carbocycles. The van der Waals surface area contributed by atoms with Gasteiger partial charge < -0.3 is 5.32 Å². The molecule has 112 valence electrons. The van der Waals surface area contributed by atoms with Crippen molar-refractivity contribution in [1.82, 2.24) is 10.2 Å². The van der Waals surface area contributed by atoms with Crippen LogP contribution in [0.3, 0.4) is 0 Å². The number of benzene rings is 1. The van der Waals surface area contributed by atoms with Crippen molar-refractivity contribution < 1.29 is 0 Å². The fourth-order valence-corrected chi connectivity index (χ4v) is 4.06. The van der Waals surface area contributed by atoms with Gasteiger partial charge in [-0.1, -0.05) is 56.0 Å². The van der Waals surface area contributed by atoms with E-state index in [0.717, 1.165) is 13.1 Å². The number of hydrogen-bond donors (Lipinski definition) is 1. The predicted molar refractivity (Wildman–Crippen MR) is 91.4 cm³/mol. The minimum Gasteiger partial charge on any atom is -0.313 e. The van der Waals surface area contributed by atoms with E-state index in [1.165, 1.54) is 31.5 Å². The van der Waals surface area contributed by atoms with Crippen LogP contribution in [0.1, 0.15) is 25.3 Å². The van der Waals surface area contributed by atoms with Crippen LogP contribution in [-0.2, 0) is 6.54 Å². The summed E-state index contributed by atoms with van der Waals surface area (Å²) in [5.74, 6) is 0. The van der Waals surface area contributed by atoms with Crippen LogP contribution in [0.25, 0.3) is 0 Å². The molecule has 1 aliphatic heterocycles. The maximum atomic E-state index is 3.60. The Bertz CT molecular complexity index is 402. The molecule has 1 fully saturated rings. The van der Waals surface area contributed by atoms with Crippen molar-refractivity contribution in [2.45, 2.75) is 52.0 Å². The van der Waals surface area contributed by atoms with Gasteiger partial charge in [0.05, 0.1) is 8.07 Å². The average molecular weight is 291 g/mol. The van der Waals surface area contributed by atoms with Gasteiger partial charge in [-0.3, -0.25) is 4.90 Å². The Morgan fingerprint density at radius 1 is 1.20 bits per heavy atom. The lowest BCUT2D eigenvalue weighted by atomic mass is 10.1. The molecule has 2 rings (SSSR count). The largest absolute Gasteiger partial charge is 0.313 e. The Morgan fingerprint density at radius 2 is 1.90 bits per heavy atom. The Kier molecular flexibility index (Phi) is 5.41. The predicted octanol–water partition coefficient (Wildman–Crippen LogP) is 2.81. The van der Waals surface area contributed by atoms with Crippen molar-refractivity contribution >= 4 is 13.3 Å². The van der Waals surface area contributed by atoms with Crippen LogP contribution in [0.15, 0.2) is 24.3 Å². The van der Waals surface area contributed by atoms with Crippen molar-refractivity contribution in [2.75, 3.05) is 19.6 Å². The molecule has 1 heterocycles. The van der Waals surface area contributed by atoms with Crippen molar-refractivity contribution in [2.24, 2.45) is 0 Å². The number of nitrogens with zero attached hydrogens (tertiary/aromatic N) is 1. The monoisotopic (exact) mass is 290 g/mol. The molecule has 1 saturated heterocycles. The molecule has 0 aromatic heterocycles. The third kappa shape index (κ3) is 4.44. The lowest BCUT2D eigenvalue weighted by molar-refractivity contribution is 0.253. The molecule has 0 aliphatic carbocycles. The zero-order valence-corrected chi connectivity index (χ0v) is 14.6. The maximum absolute atomic E-state index is 3.60. The molecule has 0 radical (unpaired) electrons. The molecule has 0 amide bonds. The van der Waals surface area contributed by atoms with Gasteiger partial charge in [-0.15, -0.1) is 0 Å². The first-order valence-corrected chi connectivity index (χ1v) is 11.5. The second-order valence-corrected chi connectivity index (χ2v) is 12.1. The molecule has 1 atom stereocenters. The summed E-state index contributed by atoms with van der Waals surface area (Å²) in [5, 5.41) is 5.16. The van der Waals surface area contributed by atoms with Crippen molar-refractivity contribution in [3.8, 4) is 0 Å². The highest BCUT2D eigenvalue weighted by atomic mass is 28.3. The van der Waals surface area contributed by atoms with Gasteiger partial charge in [-0.2, -0.15) is 0 Å². The van der Waals surface area contributed by atoms with Crippen LogP contribution < -0.4 is 10.5 Å². The molecule has 2 nitrogen and oxygen atoms in total. The highest BCUT2D eigenvalue weighted by molar-refractivity contribution is 6.88. The van der Waals surface area contributed by atoms with E-state index in [1.54, 1.807) is 5.19 Å². The second-order valence-electron chi connectivity index (χ2n) is 7.07.